The highest BCUT2D eigenvalue weighted by atomic mass is 32.2. The summed E-state index contributed by atoms with van der Waals surface area (Å²) in [6.45, 7) is 0. The number of nitrogens with zero attached hydrogens (tertiary/aromatic N) is 1. The molecule has 3 rings (SSSR count). The van der Waals surface area contributed by atoms with Crippen LogP contribution in [0, 0.1) is 10.1 Å². The molecule has 26 heavy (non-hydrogen) atoms. The predicted molar refractivity (Wildman–Crippen MR) is 95.2 cm³/mol. The molecule has 0 unspecified atom stereocenters. The molecule has 2 aromatic rings. The number of carbonyl (C=O) groups excluding carboxylic acids is 1. The third-order valence-electron chi connectivity index (χ3n) is 3.87. The van der Waals surface area contributed by atoms with Crippen LogP contribution >= 0.6 is 0 Å². The zero-order valence-electron chi connectivity index (χ0n) is 13.7. The molecule has 0 radical (unpaired) electrons. The highest BCUT2D eigenvalue weighted by Crippen LogP contribution is 2.23. The van der Waals surface area contributed by atoms with Crippen molar-refractivity contribution >= 4 is 27.3 Å². The molecule has 0 bridgehead atoms. The number of amides is 1. The Morgan fingerprint density at radius 3 is 2.58 bits per heavy atom. The Balaban J connectivity index is 1.72. The Bertz CT molecular complexity index is 954. The highest BCUT2D eigenvalue weighted by Gasteiger charge is 2.28. The summed E-state index contributed by atoms with van der Waals surface area (Å²) < 4.78 is 27.0. The van der Waals surface area contributed by atoms with Gasteiger partial charge in [-0.3, -0.25) is 14.9 Å². The molecule has 1 aliphatic carbocycles. The first-order chi connectivity index (χ1) is 12.3. The Morgan fingerprint density at radius 1 is 1.15 bits per heavy atom. The van der Waals surface area contributed by atoms with E-state index >= 15 is 0 Å². The molecule has 8 nitrogen and oxygen atoms in total. The lowest BCUT2D eigenvalue weighted by Gasteiger charge is -2.09. The van der Waals surface area contributed by atoms with E-state index in [1.165, 1.54) is 36.4 Å². The molecule has 0 atom stereocenters. The molecule has 1 saturated carbocycles. The van der Waals surface area contributed by atoms with Gasteiger partial charge in [0, 0.05) is 23.4 Å². The number of para-hydroxylation sites is 1. The van der Waals surface area contributed by atoms with Gasteiger partial charge in [-0.1, -0.05) is 24.3 Å². The number of hydrogen-bond acceptors (Lipinski definition) is 5. The molecule has 9 heteroatoms. The molecule has 136 valence electrons. The van der Waals surface area contributed by atoms with Crippen LogP contribution in [0.3, 0.4) is 0 Å². The summed E-state index contributed by atoms with van der Waals surface area (Å²) in [5, 5.41) is 13.6. The molecule has 1 aliphatic rings. The fourth-order valence-electron chi connectivity index (χ4n) is 2.45. The van der Waals surface area contributed by atoms with Crippen molar-refractivity contribution in [2.45, 2.75) is 30.2 Å². The van der Waals surface area contributed by atoms with Crippen molar-refractivity contribution in [3.05, 3.63) is 64.2 Å². The van der Waals surface area contributed by atoms with Crippen LogP contribution in [0.1, 0.15) is 18.4 Å². The van der Waals surface area contributed by atoms with Gasteiger partial charge in [0.05, 0.1) is 16.2 Å². The predicted octanol–water partition coefficient (Wildman–Crippen LogP) is 2.22. The number of carbonyl (C=O) groups is 1. The number of nitro benzene ring substituents is 1. The van der Waals surface area contributed by atoms with Crippen LogP contribution < -0.4 is 10.0 Å². The third kappa shape index (κ3) is 4.44. The Kier molecular flexibility index (Phi) is 5.01. The van der Waals surface area contributed by atoms with Crippen molar-refractivity contribution in [2.75, 3.05) is 5.32 Å². The van der Waals surface area contributed by atoms with Gasteiger partial charge in [0.2, 0.25) is 15.9 Å². The monoisotopic (exact) mass is 375 g/mol. The van der Waals surface area contributed by atoms with Crippen molar-refractivity contribution in [1.82, 2.24) is 4.72 Å². The van der Waals surface area contributed by atoms with Crippen molar-refractivity contribution in [3.63, 3.8) is 0 Å². The van der Waals surface area contributed by atoms with E-state index in [-0.39, 0.29) is 28.6 Å². The van der Waals surface area contributed by atoms with Crippen LogP contribution in [0.4, 0.5) is 11.4 Å². The maximum Gasteiger partial charge on any atom is 0.273 e. The number of anilines is 1. The molecular weight excluding hydrogens is 358 g/mol. The van der Waals surface area contributed by atoms with Gasteiger partial charge in [0.15, 0.2) is 0 Å². The lowest BCUT2D eigenvalue weighted by atomic mass is 10.1. The maximum atomic E-state index is 12.2. The topological polar surface area (TPSA) is 118 Å². The number of nitrogens with one attached hydrogen (secondary N) is 2. The lowest BCUT2D eigenvalue weighted by molar-refractivity contribution is -0.385. The molecule has 0 saturated heterocycles. The number of hydrogen-bond donors (Lipinski definition) is 2. The molecule has 1 fully saturated rings. The van der Waals surface area contributed by atoms with Gasteiger partial charge >= 0.3 is 0 Å². The minimum absolute atomic E-state index is 0.0168. The van der Waals surface area contributed by atoms with Gasteiger partial charge in [0.25, 0.3) is 5.69 Å². The molecule has 0 heterocycles. The van der Waals surface area contributed by atoms with E-state index in [0.717, 1.165) is 12.8 Å². The zero-order valence-corrected chi connectivity index (χ0v) is 14.5. The summed E-state index contributed by atoms with van der Waals surface area (Å²) in [5.41, 5.74) is 0.467. The van der Waals surface area contributed by atoms with E-state index in [0.29, 0.717) is 5.69 Å². The first kappa shape index (κ1) is 18.0. The third-order valence-corrected chi connectivity index (χ3v) is 5.38. The average Bonchev–Trinajstić information content (AvgIpc) is 3.38. The van der Waals surface area contributed by atoms with E-state index < -0.39 is 20.9 Å². The summed E-state index contributed by atoms with van der Waals surface area (Å²) in [6, 6.07) is 11.9. The number of nitro groups is 1. The second-order valence-electron chi connectivity index (χ2n) is 6.03. The van der Waals surface area contributed by atoms with Crippen molar-refractivity contribution < 1.29 is 18.1 Å². The Hall–Kier alpha value is -2.78. The van der Waals surface area contributed by atoms with E-state index in [1.807, 2.05) is 0 Å². The van der Waals surface area contributed by atoms with Crippen LogP contribution in [0.2, 0.25) is 0 Å². The Morgan fingerprint density at radius 2 is 1.88 bits per heavy atom. The van der Waals surface area contributed by atoms with Crippen LogP contribution in [0.15, 0.2) is 53.4 Å². The fraction of sp³-hybridized carbons (Fsp3) is 0.235. The molecule has 2 aromatic carbocycles. The quantitative estimate of drug-likeness (QED) is 0.568. The molecule has 2 N–H and O–H groups in total. The minimum Gasteiger partial charge on any atom is -0.326 e. The summed E-state index contributed by atoms with van der Waals surface area (Å²) >= 11 is 0. The van der Waals surface area contributed by atoms with Crippen molar-refractivity contribution in [1.29, 1.82) is 0 Å². The van der Waals surface area contributed by atoms with Gasteiger partial charge in [-0.15, -0.1) is 0 Å². The SMILES string of the molecule is O=C(Cc1ccccc1[N+](=O)[O-])Nc1cccc(S(=O)(=O)NC2CC2)c1. The first-order valence-corrected chi connectivity index (χ1v) is 9.48. The fourth-order valence-corrected chi connectivity index (χ4v) is 3.80. The molecule has 1 amide bonds. The first-order valence-electron chi connectivity index (χ1n) is 8.00. The maximum absolute atomic E-state index is 12.2. The molecular formula is C17H17N3O5S. The standard InChI is InChI=1S/C17H17N3O5S/c21-17(10-12-4-1-2-7-16(12)20(22)23)18-14-5-3-6-15(11-14)26(24,25)19-13-8-9-13/h1-7,11,13,19H,8-10H2,(H,18,21). The van der Waals surface area contributed by atoms with Gasteiger partial charge in [-0.25, -0.2) is 13.1 Å². The van der Waals surface area contributed by atoms with E-state index in [4.69, 9.17) is 0 Å². The summed E-state index contributed by atoms with van der Waals surface area (Å²) in [6.07, 6.45) is 1.46. The van der Waals surface area contributed by atoms with Gasteiger partial charge in [-0.2, -0.15) is 0 Å². The highest BCUT2D eigenvalue weighted by molar-refractivity contribution is 7.89. The van der Waals surface area contributed by atoms with E-state index in [9.17, 15) is 23.3 Å². The van der Waals surface area contributed by atoms with Crippen LogP contribution in [-0.4, -0.2) is 25.3 Å². The van der Waals surface area contributed by atoms with Crippen LogP contribution in [0.5, 0.6) is 0 Å². The number of rotatable bonds is 7. The summed E-state index contributed by atoms with van der Waals surface area (Å²) in [4.78, 5) is 22.7. The second-order valence-corrected chi connectivity index (χ2v) is 7.75. The largest absolute Gasteiger partial charge is 0.326 e. The second kappa shape index (κ2) is 7.22. The van der Waals surface area contributed by atoms with E-state index in [2.05, 4.69) is 10.0 Å². The molecule has 0 spiro atoms. The normalized spacial score (nSPS) is 14.0. The summed E-state index contributed by atoms with van der Waals surface area (Å²) in [5.74, 6) is -0.469. The average molecular weight is 375 g/mol. The smallest absolute Gasteiger partial charge is 0.273 e. The van der Waals surface area contributed by atoms with Crippen LogP contribution in [0.25, 0.3) is 0 Å². The van der Waals surface area contributed by atoms with Crippen LogP contribution in [-0.2, 0) is 21.2 Å². The van der Waals surface area contributed by atoms with Crippen molar-refractivity contribution in [2.24, 2.45) is 0 Å². The van der Waals surface area contributed by atoms with Gasteiger partial charge < -0.3 is 5.32 Å². The molecule has 0 aliphatic heterocycles. The Labute approximate surface area is 150 Å². The number of benzene rings is 2. The number of sulfonamides is 1. The minimum atomic E-state index is -3.62. The lowest BCUT2D eigenvalue weighted by Crippen LogP contribution is -2.25. The van der Waals surface area contributed by atoms with E-state index in [1.54, 1.807) is 12.1 Å². The zero-order chi connectivity index (χ0) is 18.7. The van der Waals surface area contributed by atoms with Gasteiger partial charge in [-0.05, 0) is 31.0 Å². The molecule has 0 aromatic heterocycles. The summed E-state index contributed by atoms with van der Waals surface area (Å²) in [7, 11) is -3.62. The van der Waals surface area contributed by atoms with Crippen molar-refractivity contribution in [3.8, 4) is 0 Å². The van der Waals surface area contributed by atoms with Gasteiger partial charge in [0.1, 0.15) is 0 Å².